The van der Waals surface area contributed by atoms with Gasteiger partial charge in [0, 0.05) is 37.5 Å². The topological polar surface area (TPSA) is 43.9 Å². The molecule has 0 saturated carbocycles. The molecular weight excluding hydrogens is 310 g/mol. The van der Waals surface area contributed by atoms with Crippen molar-refractivity contribution in [2.75, 3.05) is 34.2 Å². The molecule has 0 bridgehead atoms. The maximum Gasteiger partial charge on any atom is 0.228 e. The number of carbonyl (C=O) groups is 2. The second-order valence-corrected chi connectivity index (χ2v) is 8.01. The summed E-state index contributed by atoms with van der Waals surface area (Å²) in [5.41, 5.74) is 0. The van der Waals surface area contributed by atoms with E-state index in [1.54, 1.807) is 16.2 Å². The Balaban J connectivity index is 1.80. The number of amides is 2. The van der Waals surface area contributed by atoms with Crippen molar-refractivity contribution in [1.29, 1.82) is 0 Å². The summed E-state index contributed by atoms with van der Waals surface area (Å²) in [6, 6.07) is 4.30. The molecule has 2 fully saturated rings. The minimum atomic E-state index is -0.251. The zero-order valence-electron chi connectivity index (χ0n) is 14.2. The van der Waals surface area contributed by atoms with Crippen molar-refractivity contribution in [3.8, 4) is 0 Å². The standard InChI is InChI=1S/C17H25N3O2S/c1-11-9-20(10-13(11)18(2)3)17(22)12-8-15(21)19(4)16(12)14-6-5-7-23-14/h5-7,11-13,16H,8-10H2,1-4H3/t11-,12-,13-,16-/m1/s1. The predicted molar refractivity (Wildman–Crippen MR) is 91.2 cm³/mol. The van der Waals surface area contributed by atoms with Crippen molar-refractivity contribution in [3.63, 3.8) is 0 Å². The van der Waals surface area contributed by atoms with E-state index in [0.29, 0.717) is 18.4 Å². The van der Waals surface area contributed by atoms with Crippen LogP contribution in [0, 0.1) is 11.8 Å². The van der Waals surface area contributed by atoms with Crippen LogP contribution in [0.2, 0.25) is 0 Å². The quantitative estimate of drug-likeness (QED) is 0.844. The summed E-state index contributed by atoms with van der Waals surface area (Å²) in [5, 5.41) is 2.01. The Morgan fingerprint density at radius 2 is 2.09 bits per heavy atom. The number of carbonyl (C=O) groups excluding carboxylic acids is 2. The SMILES string of the molecule is C[C@@H]1CN(C(=O)[C@@H]2CC(=O)N(C)[C@H]2c2cccs2)C[C@H]1N(C)C. The first-order valence-electron chi connectivity index (χ1n) is 8.14. The second kappa shape index (κ2) is 6.24. The van der Waals surface area contributed by atoms with Crippen LogP contribution in [0.15, 0.2) is 17.5 Å². The Bertz CT molecular complexity index is 587. The van der Waals surface area contributed by atoms with E-state index in [-0.39, 0.29) is 23.8 Å². The maximum absolute atomic E-state index is 13.1. The third-order valence-electron chi connectivity index (χ3n) is 5.29. The lowest BCUT2D eigenvalue weighted by atomic mass is 9.97. The highest BCUT2D eigenvalue weighted by Crippen LogP contribution is 2.40. The normalized spacial score (nSPS) is 31.4. The van der Waals surface area contributed by atoms with E-state index in [1.165, 1.54) is 0 Å². The second-order valence-electron chi connectivity index (χ2n) is 7.03. The smallest absolute Gasteiger partial charge is 0.228 e. The summed E-state index contributed by atoms with van der Waals surface area (Å²) in [4.78, 5) is 32.3. The monoisotopic (exact) mass is 335 g/mol. The average molecular weight is 335 g/mol. The van der Waals surface area contributed by atoms with Crippen LogP contribution in [0.3, 0.4) is 0 Å². The van der Waals surface area contributed by atoms with E-state index in [1.807, 2.05) is 29.5 Å². The van der Waals surface area contributed by atoms with E-state index in [9.17, 15) is 9.59 Å². The number of thiophene rings is 1. The van der Waals surface area contributed by atoms with E-state index in [0.717, 1.165) is 18.0 Å². The minimum absolute atomic E-state index is 0.0677. The van der Waals surface area contributed by atoms with Gasteiger partial charge in [-0.2, -0.15) is 0 Å². The number of nitrogens with zero attached hydrogens (tertiary/aromatic N) is 3. The van der Waals surface area contributed by atoms with Crippen LogP contribution in [0.4, 0.5) is 0 Å². The fourth-order valence-corrected chi connectivity index (χ4v) is 4.91. The summed E-state index contributed by atoms with van der Waals surface area (Å²) < 4.78 is 0. The molecule has 5 nitrogen and oxygen atoms in total. The maximum atomic E-state index is 13.1. The molecule has 6 heteroatoms. The highest BCUT2D eigenvalue weighted by Gasteiger charge is 2.46. The first-order valence-corrected chi connectivity index (χ1v) is 9.02. The molecule has 2 aliphatic rings. The Morgan fingerprint density at radius 1 is 1.35 bits per heavy atom. The molecule has 2 amide bonds. The molecule has 3 heterocycles. The van der Waals surface area contributed by atoms with Crippen molar-refractivity contribution >= 4 is 23.2 Å². The molecule has 2 aliphatic heterocycles. The molecular formula is C17H25N3O2S. The summed E-state index contributed by atoms with van der Waals surface area (Å²) in [6.45, 7) is 3.74. The molecule has 0 spiro atoms. The van der Waals surface area contributed by atoms with Gasteiger partial charge in [0.05, 0.1) is 12.0 Å². The Kier molecular flexibility index (Phi) is 4.47. The van der Waals surface area contributed by atoms with Gasteiger partial charge in [-0.3, -0.25) is 9.59 Å². The first kappa shape index (κ1) is 16.5. The van der Waals surface area contributed by atoms with Crippen LogP contribution in [0.5, 0.6) is 0 Å². The molecule has 0 radical (unpaired) electrons. The van der Waals surface area contributed by atoms with Crippen LogP contribution in [-0.2, 0) is 9.59 Å². The minimum Gasteiger partial charge on any atom is -0.340 e. The van der Waals surface area contributed by atoms with Gasteiger partial charge in [0.15, 0.2) is 0 Å². The molecule has 126 valence electrons. The molecule has 2 saturated heterocycles. The van der Waals surface area contributed by atoms with Gasteiger partial charge in [-0.05, 0) is 31.5 Å². The fourth-order valence-electron chi connectivity index (χ4n) is 3.98. The largest absolute Gasteiger partial charge is 0.340 e. The summed E-state index contributed by atoms with van der Waals surface area (Å²) in [5.74, 6) is 0.415. The van der Waals surface area contributed by atoms with Crippen molar-refractivity contribution in [2.24, 2.45) is 11.8 Å². The number of likely N-dealkylation sites (tertiary alicyclic amines) is 2. The average Bonchev–Trinajstić information content (AvgIpc) is 3.19. The molecule has 3 rings (SSSR count). The summed E-state index contributed by atoms with van der Waals surface area (Å²) in [6.07, 6.45) is 0.329. The lowest BCUT2D eigenvalue weighted by molar-refractivity contribution is -0.135. The van der Waals surface area contributed by atoms with Gasteiger partial charge in [0.1, 0.15) is 0 Å². The Morgan fingerprint density at radius 3 is 2.65 bits per heavy atom. The van der Waals surface area contributed by atoms with E-state index < -0.39 is 0 Å². The Labute approximate surface area is 141 Å². The Hall–Kier alpha value is -1.40. The van der Waals surface area contributed by atoms with Crippen LogP contribution in [0.1, 0.15) is 24.3 Å². The molecule has 0 unspecified atom stereocenters. The van der Waals surface area contributed by atoms with Crippen LogP contribution in [-0.4, -0.2) is 66.8 Å². The molecule has 23 heavy (non-hydrogen) atoms. The number of hydrogen-bond donors (Lipinski definition) is 0. The van der Waals surface area contributed by atoms with Crippen molar-refractivity contribution < 1.29 is 9.59 Å². The molecule has 4 atom stereocenters. The summed E-state index contributed by atoms with van der Waals surface area (Å²) >= 11 is 1.62. The molecule has 0 aromatic carbocycles. The van der Waals surface area contributed by atoms with Gasteiger partial charge in [-0.25, -0.2) is 0 Å². The fraction of sp³-hybridized carbons (Fsp3) is 0.647. The third-order valence-corrected chi connectivity index (χ3v) is 6.23. The number of rotatable bonds is 3. The van der Waals surface area contributed by atoms with Gasteiger partial charge in [0.25, 0.3) is 0 Å². The highest BCUT2D eigenvalue weighted by atomic mass is 32.1. The van der Waals surface area contributed by atoms with Gasteiger partial charge in [-0.1, -0.05) is 13.0 Å². The van der Waals surface area contributed by atoms with Crippen molar-refractivity contribution in [3.05, 3.63) is 22.4 Å². The number of hydrogen-bond acceptors (Lipinski definition) is 4. The third kappa shape index (κ3) is 2.90. The van der Waals surface area contributed by atoms with E-state index in [4.69, 9.17) is 0 Å². The van der Waals surface area contributed by atoms with Crippen LogP contribution < -0.4 is 0 Å². The predicted octanol–water partition coefficient (Wildman–Crippen LogP) is 1.68. The molecule has 1 aromatic rings. The highest BCUT2D eigenvalue weighted by molar-refractivity contribution is 7.10. The van der Waals surface area contributed by atoms with E-state index in [2.05, 4.69) is 25.9 Å². The first-order chi connectivity index (χ1) is 10.9. The molecule has 0 N–H and O–H groups in total. The van der Waals surface area contributed by atoms with Gasteiger partial charge in [-0.15, -0.1) is 11.3 Å². The molecule has 0 aliphatic carbocycles. The zero-order chi connectivity index (χ0) is 16.7. The van der Waals surface area contributed by atoms with Gasteiger partial charge < -0.3 is 14.7 Å². The zero-order valence-corrected chi connectivity index (χ0v) is 15.0. The lowest BCUT2D eigenvalue weighted by Crippen LogP contribution is -2.39. The van der Waals surface area contributed by atoms with Crippen molar-refractivity contribution in [2.45, 2.75) is 25.4 Å². The van der Waals surface area contributed by atoms with Crippen LogP contribution in [0.25, 0.3) is 0 Å². The summed E-state index contributed by atoms with van der Waals surface area (Å²) in [7, 11) is 5.95. The molecule has 1 aromatic heterocycles. The van der Waals surface area contributed by atoms with Crippen LogP contribution >= 0.6 is 11.3 Å². The van der Waals surface area contributed by atoms with Gasteiger partial charge >= 0.3 is 0 Å². The lowest BCUT2D eigenvalue weighted by Gasteiger charge is -2.27. The number of likely N-dealkylation sites (N-methyl/N-ethyl adjacent to an activating group) is 1. The van der Waals surface area contributed by atoms with Crippen molar-refractivity contribution in [1.82, 2.24) is 14.7 Å². The van der Waals surface area contributed by atoms with Gasteiger partial charge in [0.2, 0.25) is 11.8 Å². The van der Waals surface area contributed by atoms with E-state index >= 15 is 0 Å².